The number of hydrogen-bond donors (Lipinski definition) is 1. The van der Waals surface area contributed by atoms with Gasteiger partial charge in [-0.1, -0.05) is 11.6 Å². The van der Waals surface area contributed by atoms with Gasteiger partial charge in [0.2, 0.25) is 0 Å². The van der Waals surface area contributed by atoms with Crippen molar-refractivity contribution in [2.75, 3.05) is 20.3 Å². The summed E-state index contributed by atoms with van der Waals surface area (Å²) in [6.07, 6.45) is 0.886. The predicted molar refractivity (Wildman–Crippen MR) is 62.2 cm³/mol. The van der Waals surface area contributed by atoms with Gasteiger partial charge in [-0.3, -0.25) is 0 Å². The molecular weight excluding hydrogens is 228 g/mol. The minimum atomic E-state index is -0.517. The van der Waals surface area contributed by atoms with E-state index >= 15 is 0 Å². The van der Waals surface area contributed by atoms with Crippen LogP contribution in [-0.4, -0.2) is 31.5 Å². The number of aliphatic hydroxyl groups is 1. The van der Waals surface area contributed by atoms with Gasteiger partial charge in [-0.15, -0.1) is 0 Å². The Bertz CT molecular complexity index is 379. The Hall–Kier alpha value is -0.770. The van der Waals surface area contributed by atoms with Crippen LogP contribution in [0.25, 0.3) is 0 Å². The zero-order chi connectivity index (χ0) is 11.5. The molecule has 1 unspecified atom stereocenters. The standard InChI is InChI=1S/C12H15ClO3/c1-15-7-11(14)6-9-5-10(13)4-8-2-3-16-12(8)9/h4-5,11,14H,2-3,6-7H2,1H3. The fourth-order valence-corrected chi connectivity index (χ4v) is 2.27. The Morgan fingerprint density at radius 2 is 2.38 bits per heavy atom. The van der Waals surface area contributed by atoms with Gasteiger partial charge in [0, 0.05) is 25.0 Å². The van der Waals surface area contributed by atoms with Crippen LogP contribution in [0.1, 0.15) is 11.1 Å². The van der Waals surface area contributed by atoms with E-state index < -0.39 is 6.10 Å². The number of hydrogen-bond acceptors (Lipinski definition) is 3. The van der Waals surface area contributed by atoms with Crippen molar-refractivity contribution in [1.29, 1.82) is 0 Å². The zero-order valence-corrected chi connectivity index (χ0v) is 9.96. The summed E-state index contributed by atoms with van der Waals surface area (Å²) < 4.78 is 10.5. The topological polar surface area (TPSA) is 38.7 Å². The first kappa shape index (κ1) is 11.7. The molecule has 1 aromatic carbocycles. The fraction of sp³-hybridized carbons (Fsp3) is 0.500. The average Bonchev–Trinajstić information content (AvgIpc) is 2.65. The smallest absolute Gasteiger partial charge is 0.126 e. The van der Waals surface area contributed by atoms with Crippen molar-refractivity contribution >= 4 is 11.6 Å². The lowest BCUT2D eigenvalue weighted by molar-refractivity contribution is 0.0646. The highest BCUT2D eigenvalue weighted by Gasteiger charge is 2.19. The van der Waals surface area contributed by atoms with Crippen molar-refractivity contribution in [1.82, 2.24) is 0 Å². The molecular formula is C12H15ClO3. The second-order valence-electron chi connectivity index (χ2n) is 3.96. The molecule has 16 heavy (non-hydrogen) atoms. The molecule has 3 nitrogen and oxygen atoms in total. The molecule has 1 aromatic rings. The number of halogens is 1. The fourth-order valence-electron chi connectivity index (χ4n) is 2.00. The molecule has 1 aliphatic heterocycles. The van der Waals surface area contributed by atoms with Crippen LogP contribution in [0.4, 0.5) is 0 Å². The molecule has 2 rings (SSSR count). The number of fused-ring (bicyclic) bond motifs is 1. The average molecular weight is 243 g/mol. The molecule has 0 saturated carbocycles. The van der Waals surface area contributed by atoms with E-state index in [1.165, 1.54) is 0 Å². The van der Waals surface area contributed by atoms with Crippen LogP contribution in [0.3, 0.4) is 0 Å². The van der Waals surface area contributed by atoms with Crippen LogP contribution >= 0.6 is 11.6 Å². The molecule has 4 heteroatoms. The maximum Gasteiger partial charge on any atom is 0.126 e. The van der Waals surface area contributed by atoms with Crippen LogP contribution in [0.2, 0.25) is 5.02 Å². The van der Waals surface area contributed by atoms with Gasteiger partial charge >= 0.3 is 0 Å². The summed E-state index contributed by atoms with van der Waals surface area (Å²) in [5, 5.41) is 10.4. The minimum Gasteiger partial charge on any atom is -0.493 e. The van der Waals surface area contributed by atoms with Crippen LogP contribution in [0, 0.1) is 0 Å². The Balaban J connectivity index is 2.20. The van der Waals surface area contributed by atoms with Crippen molar-refractivity contribution in [3.05, 3.63) is 28.3 Å². The number of methoxy groups -OCH3 is 1. The van der Waals surface area contributed by atoms with Gasteiger partial charge in [0.15, 0.2) is 0 Å². The number of benzene rings is 1. The highest BCUT2D eigenvalue weighted by Crippen LogP contribution is 2.33. The highest BCUT2D eigenvalue weighted by molar-refractivity contribution is 6.30. The van der Waals surface area contributed by atoms with Crippen LogP contribution in [-0.2, 0) is 17.6 Å². The molecule has 0 bridgehead atoms. The molecule has 1 aliphatic rings. The molecule has 0 aromatic heterocycles. The summed E-state index contributed by atoms with van der Waals surface area (Å²) in [5.74, 6) is 0.888. The molecule has 0 spiro atoms. The zero-order valence-electron chi connectivity index (χ0n) is 9.20. The van der Waals surface area contributed by atoms with E-state index in [1.807, 2.05) is 12.1 Å². The first-order valence-corrected chi connectivity index (χ1v) is 5.69. The molecule has 0 radical (unpaired) electrons. The third kappa shape index (κ3) is 2.48. The van der Waals surface area contributed by atoms with Gasteiger partial charge in [0.1, 0.15) is 5.75 Å². The molecule has 0 saturated heterocycles. The maximum atomic E-state index is 9.70. The highest BCUT2D eigenvalue weighted by atomic mass is 35.5. The Kier molecular flexibility index (Phi) is 3.69. The number of aliphatic hydroxyl groups excluding tert-OH is 1. The molecule has 1 heterocycles. The van der Waals surface area contributed by atoms with Crippen molar-refractivity contribution in [2.45, 2.75) is 18.9 Å². The summed E-state index contributed by atoms with van der Waals surface area (Å²) in [6, 6.07) is 3.78. The van der Waals surface area contributed by atoms with Gasteiger partial charge < -0.3 is 14.6 Å². The van der Waals surface area contributed by atoms with Crippen molar-refractivity contribution in [3.8, 4) is 5.75 Å². The monoisotopic (exact) mass is 242 g/mol. The van der Waals surface area contributed by atoms with E-state index in [9.17, 15) is 5.11 Å². The first-order chi connectivity index (χ1) is 7.70. The van der Waals surface area contributed by atoms with Gasteiger partial charge in [-0.25, -0.2) is 0 Å². The summed E-state index contributed by atoms with van der Waals surface area (Å²) in [4.78, 5) is 0. The van der Waals surface area contributed by atoms with E-state index in [0.717, 1.165) is 23.3 Å². The third-order valence-electron chi connectivity index (χ3n) is 2.64. The predicted octanol–water partition coefficient (Wildman–Crippen LogP) is 1.82. The maximum absolute atomic E-state index is 9.70. The lowest BCUT2D eigenvalue weighted by atomic mass is 10.0. The first-order valence-electron chi connectivity index (χ1n) is 5.32. The molecule has 1 N–H and O–H groups in total. The molecule has 0 amide bonds. The SMILES string of the molecule is COCC(O)Cc1cc(Cl)cc2c1OCC2. The Morgan fingerprint density at radius 3 is 3.12 bits per heavy atom. The summed E-state index contributed by atoms with van der Waals surface area (Å²) in [7, 11) is 1.57. The van der Waals surface area contributed by atoms with E-state index in [4.69, 9.17) is 21.1 Å². The number of ether oxygens (including phenoxy) is 2. The van der Waals surface area contributed by atoms with Crippen molar-refractivity contribution < 1.29 is 14.6 Å². The van der Waals surface area contributed by atoms with E-state index in [-0.39, 0.29) is 0 Å². The van der Waals surface area contributed by atoms with Crippen LogP contribution < -0.4 is 4.74 Å². The Labute approximate surface area is 99.9 Å². The molecule has 1 atom stereocenters. The van der Waals surface area contributed by atoms with Gasteiger partial charge in [-0.05, 0) is 23.3 Å². The summed E-state index contributed by atoms with van der Waals surface area (Å²) >= 11 is 6.02. The number of rotatable bonds is 4. The van der Waals surface area contributed by atoms with Gasteiger partial charge in [0.25, 0.3) is 0 Å². The van der Waals surface area contributed by atoms with Crippen molar-refractivity contribution in [2.24, 2.45) is 0 Å². The van der Waals surface area contributed by atoms with E-state index in [0.29, 0.717) is 24.7 Å². The molecule has 0 fully saturated rings. The lowest BCUT2D eigenvalue weighted by Gasteiger charge is -2.13. The van der Waals surface area contributed by atoms with Gasteiger partial charge in [0.05, 0.1) is 19.3 Å². The van der Waals surface area contributed by atoms with Crippen LogP contribution in [0.5, 0.6) is 5.75 Å². The normalized spacial score (nSPS) is 15.7. The van der Waals surface area contributed by atoms with Crippen molar-refractivity contribution in [3.63, 3.8) is 0 Å². The molecule has 88 valence electrons. The van der Waals surface area contributed by atoms with Gasteiger partial charge in [-0.2, -0.15) is 0 Å². The Morgan fingerprint density at radius 1 is 1.56 bits per heavy atom. The van der Waals surface area contributed by atoms with Crippen LogP contribution in [0.15, 0.2) is 12.1 Å². The van der Waals surface area contributed by atoms with E-state index in [2.05, 4.69) is 0 Å². The summed E-state index contributed by atoms with van der Waals surface area (Å²) in [6.45, 7) is 1.02. The second kappa shape index (κ2) is 5.04. The minimum absolute atomic E-state index is 0.321. The van der Waals surface area contributed by atoms with E-state index in [1.54, 1.807) is 7.11 Å². The molecule has 0 aliphatic carbocycles. The lowest BCUT2D eigenvalue weighted by Crippen LogP contribution is -2.17. The quantitative estimate of drug-likeness (QED) is 0.876. The largest absolute Gasteiger partial charge is 0.493 e. The summed E-state index contributed by atoms with van der Waals surface area (Å²) in [5.41, 5.74) is 2.09. The second-order valence-corrected chi connectivity index (χ2v) is 4.40. The third-order valence-corrected chi connectivity index (χ3v) is 2.86.